The number of quaternary nitrogens is 1. The minimum absolute atomic E-state index is 0. The first-order valence-electron chi connectivity index (χ1n) is 4.62. The molecule has 0 saturated heterocycles. The van der Waals surface area contributed by atoms with Crippen LogP contribution in [0.2, 0.25) is 0 Å². The first kappa shape index (κ1) is 11.4. The summed E-state index contributed by atoms with van der Waals surface area (Å²) < 4.78 is 0. The highest BCUT2D eigenvalue weighted by Crippen LogP contribution is 2.00. The van der Waals surface area contributed by atoms with Crippen LogP contribution < -0.4 is 9.60 Å². The third kappa shape index (κ3) is 2.78. The number of hydrogen-bond donors (Lipinski definition) is 1. The quantitative estimate of drug-likeness (QED) is 0.525. The van der Waals surface area contributed by atoms with Gasteiger partial charge in [0.15, 0.2) is 0 Å². The largest absolute Gasteiger partial charge is 1.00 e. The fraction of sp³-hybridized carbons (Fsp3) is 0.600. The summed E-state index contributed by atoms with van der Waals surface area (Å²) in [5.74, 6) is 0. The highest BCUT2D eigenvalue weighted by molar-refractivity contribution is 5.10. The van der Waals surface area contributed by atoms with E-state index in [1.54, 1.807) is 10.6 Å². The van der Waals surface area contributed by atoms with E-state index in [9.17, 15) is 0 Å². The molecule has 0 radical (unpaired) electrons. The molecule has 1 nitrogen and oxygen atoms in total. The van der Waals surface area contributed by atoms with Crippen LogP contribution in [0.3, 0.4) is 0 Å². The highest BCUT2D eigenvalue weighted by Gasteiger charge is 2.13. The van der Waals surface area contributed by atoms with Gasteiger partial charge in [0.2, 0.25) is 0 Å². The molecule has 1 N–H and O–H groups in total. The Labute approximate surface area is 74.1 Å². The van der Waals surface area contributed by atoms with Crippen molar-refractivity contribution in [1.29, 1.82) is 0 Å². The molecule has 0 fully saturated rings. The van der Waals surface area contributed by atoms with Crippen LogP contribution in [-0.4, -0.2) is 6.54 Å². The van der Waals surface area contributed by atoms with Gasteiger partial charge in [-0.2, -0.15) is 0 Å². The molecule has 0 spiro atoms. The van der Waals surface area contributed by atoms with Crippen LogP contribution in [0.1, 0.15) is 33.1 Å². The van der Waals surface area contributed by atoms with E-state index in [4.69, 9.17) is 0 Å². The van der Waals surface area contributed by atoms with Gasteiger partial charge in [-0.3, -0.25) is 4.90 Å². The van der Waals surface area contributed by atoms with Gasteiger partial charge in [0.25, 0.3) is 0 Å². The van der Waals surface area contributed by atoms with Crippen molar-refractivity contribution in [3.8, 4) is 0 Å². The van der Waals surface area contributed by atoms with E-state index in [1.165, 1.54) is 25.8 Å². The molecule has 70 valence electrons. The molecule has 1 aliphatic rings. The SMILES string of the molecule is CCCC1=CC=C[NH+]1CCC.[F-]. The molecule has 0 amide bonds. The molecule has 0 saturated carbocycles. The van der Waals surface area contributed by atoms with E-state index in [1.807, 2.05) is 0 Å². The van der Waals surface area contributed by atoms with Crippen LogP contribution >= 0.6 is 0 Å². The lowest BCUT2D eigenvalue weighted by atomic mass is 10.2. The molecule has 0 bridgehead atoms. The summed E-state index contributed by atoms with van der Waals surface area (Å²) in [6.07, 6.45) is 10.5. The molecule has 0 aromatic heterocycles. The van der Waals surface area contributed by atoms with Crippen LogP contribution in [-0.2, 0) is 0 Å². The summed E-state index contributed by atoms with van der Waals surface area (Å²) in [6.45, 7) is 5.73. The lowest BCUT2D eigenvalue weighted by Gasteiger charge is -2.12. The minimum Gasteiger partial charge on any atom is -1.00 e. The Kier molecular flexibility index (Phi) is 5.64. The van der Waals surface area contributed by atoms with Gasteiger partial charge in [-0.05, 0) is 18.9 Å². The number of halogens is 1. The van der Waals surface area contributed by atoms with Crippen molar-refractivity contribution in [3.63, 3.8) is 0 Å². The predicted molar refractivity (Wildman–Crippen MR) is 48.3 cm³/mol. The zero-order valence-electron chi connectivity index (χ0n) is 7.94. The number of nitrogens with one attached hydrogen (secondary N) is 1. The molecule has 0 aromatic rings. The summed E-state index contributed by atoms with van der Waals surface area (Å²) in [6, 6.07) is 0. The minimum atomic E-state index is 0. The number of hydrogen-bond acceptors (Lipinski definition) is 0. The molecule has 0 aromatic carbocycles. The lowest BCUT2D eigenvalue weighted by Crippen LogP contribution is -3.04. The Hall–Kier alpha value is -0.630. The Morgan fingerprint density at radius 2 is 2.00 bits per heavy atom. The topological polar surface area (TPSA) is 4.44 Å². The van der Waals surface area contributed by atoms with E-state index in [0.717, 1.165) is 0 Å². The predicted octanol–water partition coefficient (Wildman–Crippen LogP) is -1.50. The van der Waals surface area contributed by atoms with Crippen molar-refractivity contribution in [2.24, 2.45) is 0 Å². The van der Waals surface area contributed by atoms with E-state index >= 15 is 0 Å². The second-order valence-corrected chi connectivity index (χ2v) is 3.08. The second kappa shape index (κ2) is 5.95. The van der Waals surface area contributed by atoms with Crippen LogP contribution in [0.5, 0.6) is 0 Å². The molecule has 0 aliphatic carbocycles. The Balaban J connectivity index is 0.00000121. The van der Waals surface area contributed by atoms with Crippen LogP contribution in [0.4, 0.5) is 0 Å². The molecular weight excluding hydrogens is 153 g/mol. The lowest BCUT2D eigenvalue weighted by molar-refractivity contribution is -0.804. The monoisotopic (exact) mass is 171 g/mol. The Bertz CT molecular complexity index is 173. The summed E-state index contributed by atoms with van der Waals surface area (Å²) in [7, 11) is 0. The van der Waals surface area contributed by atoms with Crippen LogP contribution in [0.15, 0.2) is 24.0 Å². The van der Waals surface area contributed by atoms with Gasteiger partial charge < -0.3 is 4.70 Å². The third-order valence-corrected chi connectivity index (χ3v) is 2.05. The van der Waals surface area contributed by atoms with E-state index in [0.29, 0.717) is 0 Å². The van der Waals surface area contributed by atoms with Crippen molar-refractivity contribution in [2.45, 2.75) is 33.1 Å². The molecule has 1 atom stereocenters. The van der Waals surface area contributed by atoms with Gasteiger partial charge in [-0.1, -0.05) is 13.8 Å². The van der Waals surface area contributed by atoms with Crippen molar-refractivity contribution in [1.82, 2.24) is 0 Å². The maximum Gasteiger partial charge on any atom is 0.112 e. The average molecular weight is 171 g/mol. The zero-order chi connectivity index (χ0) is 8.10. The first-order chi connectivity index (χ1) is 5.38. The van der Waals surface area contributed by atoms with E-state index in [-0.39, 0.29) is 4.70 Å². The Morgan fingerprint density at radius 3 is 2.58 bits per heavy atom. The second-order valence-electron chi connectivity index (χ2n) is 3.08. The molecule has 1 unspecified atom stereocenters. The highest BCUT2D eigenvalue weighted by atomic mass is 19.0. The number of rotatable bonds is 4. The van der Waals surface area contributed by atoms with Gasteiger partial charge in [0.05, 0.1) is 12.7 Å². The van der Waals surface area contributed by atoms with Gasteiger partial charge >= 0.3 is 0 Å². The molecule has 1 heterocycles. The van der Waals surface area contributed by atoms with Gasteiger partial charge in [-0.15, -0.1) is 0 Å². The summed E-state index contributed by atoms with van der Waals surface area (Å²) in [4.78, 5) is 1.56. The van der Waals surface area contributed by atoms with Crippen LogP contribution in [0.25, 0.3) is 0 Å². The fourth-order valence-corrected chi connectivity index (χ4v) is 1.52. The number of allylic oxidation sites excluding steroid dienone is 3. The van der Waals surface area contributed by atoms with E-state index in [2.05, 4.69) is 32.2 Å². The first-order valence-corrected chi connectivity index (χ1v) is 4.62. The zero-order valence-corrected chi connectivity index (χ0v) is 7.94. The fourth-order valence-electron chi connectivity index (χ4n) is 1.52. The smallest absolute Gasteiger partial charge is 0.112 e. The van der Waals surface area contributed by atoms with Crippen molar-refractivity contribution >= 4 is 0 Å². The summed E-state index contributed by atoms with van der Waals surface area (Å²) in [5.41, 5.74) is 1.56. The van der Waals surface area contributed by atoms with Crippen molar-refractivity contribution in [3.05, 3.63) is 24.0 Å². The van der Waals surface area contributed by atoms with Crippen molar-refractivity contribution < 1.29 is 9.60 Å². The molecule has 1 rings (SSSR count). The van der Waals surface area contributed by atoms with Gasteiger partial charge in [0, 0.05) is 12.5 Å². The van der Waals surface area contributed by atoms with Gasteiger partial charge in [0.1, 0.15) is 5.70 Å². The Morgan fingerprint density at radius 1 is 1.25 bits per heavy atom. The maximum atomic E-state index is 2.26. The molecule has 12 heavy (non-hydrogen) atoms. The van der Waals surface area contributed by atoms with Gasteiger partial charge in [-0.25, -0.2) is 0 Å². The third-order valence-electron chi connectivity index (χ3n) is 2.05. The molecule has 2 heteroatoms. The summed E-state index contributed by atoms with van der Waals surface area (Å²) in [5, 5.41) is 0. The molecule has 1 aliphatic heterocycles. The normalized spacial score (nSPS) is 20.5. The van der Waals surface area contributed by atoms with Crippen LogP contribution in [0, 0.1) is 0 Å². The van der Waals surface area contributed by atoms with E-state index < -0.39 is 0 Å². The maximum absolute atomic E-state index is 2.26. The standard InChI is InChI=1S/C10H17N.FH/c1-3-6-10-7-5-9-11(10)8-4-2;/h5,7,9H,3-4,6,8H2,1-2H3;1H. The molecular formula is C10H18FN. The summed E-state index contributed by atoms with van der Waals surface area (Å²) >= 11 is 0. The average Bonchev–Trinajstić information content (AvgIpc) is 2.39. The van der Waals surface area contributed by atoms with Crippen molar-refractivity contribution in [2.75, 3.05) is 6.54 Å².